The highest BCUT2D eigenvalue weighted by atomic mass is 16.5. The number of amides is 1. The lowest BCUT2D eigenvalue weighted by Gasteiger charge is -2.30. The van der Waals surface area contributed by atoms with Gasteiger partial charge < -0.3 is 15.0 Å². The van der Waals surface area contributed by atoms with Gasteiger partial charge >= 0.3 is 5.97 Å². The molecular weight excluding hydrogens is 344 g/mol. The van der Waals surface area contributed by atoms with E-state index in [1.165, 1.54) is 0 Å². The summed E-state index contributed by atoms with van der Waals surface area (Å²) in [5, 5.41) is 11.2. The molecule has 1 aromatic heterocycles. The number of benzene rings is 1. The minimum atomic E-state index is -0.403. The Bertz CT molecular complexity index is 807. The van der Waals surface area contributed by atoms with E-state index in [4.69, 9.17) is 4.74 Å². The molecule has 27 heavy (non-hydrogen) atoms. The van der Waals surface area contributed by atoms with Crippen LogP contribution in [0.25, 0.3) is 0 Å². The number of rotatable bonds is 5. The lowest BCUT2D eigenvalue weighted by atomic mass is 10.00. The quantitative estimate of drug-likeness (QED) is 0.816. The maximum Gasteiger partial charge on any atom is 0.340 e. The van der Waals surface area contributed by atoms with Gasteiger partial charge in [0.05, 0.1) is 17.9 Å². The number of nitrogens with zero attached hydrogens (tertiary/aromatic N) is 3. The van der Waals surface area contributed by atoms with Crippen LogP contribution < -0.4 is 5.32 Å². The second-order valence-corrected chi connectivity index (χ2v) is 6.69. The molecule has 1 aliphatic heterocycles. The summed E-state index contributed by atoms with van der Waals surface area (Å²) in [5.74, 6) is 0.471. The molecule has 1 amide bonds. The third-order valence-corrected chi connectivity index (χ3v) is 4.51. The van der Waals surface area contributed by atoms with Crippen molar-refractivity contribution in [1.82, 2.24) is 15.1 Å². The molecule has 0 radical (unpaired) electrons. The second kappa shape index (κ2) is 8.62. The fraction of sp³-hybridized carbons (Fsp3) is 0.400. The van der Waals surface area contributed by atoms with Crippen LogP contribution in [-0.4, -0.2) is 46.7 Å². The van der Waals surface area contributed by atoms with Gasteiger partial charge in [-0.2, -0.15) is 0 Å². The molecule has 3 rings (SSSR count). The summed E-state index contributed by atoms with van der Waals surface area (Å²) in [6, 6.07) is 10.4. The highest BCUT2D eigenvalue weighted by molar-refractivity contribution is 5.96. The van der Waals surface area contributed by atoms with Gasteiger partial charge in [0.2, 0.25) is 0 Å². The molecule has 7 heteroatoms. The zero-order valence-corrected chi connectivity index (χ0v) is 15.6. The molecule has 0 aliphatic carbocycles. The van der Waals surface area contributed by atoms with Crippen molar-refractivity contribution in [3.8, 4) is 0 Å². The molecule has 0 bridgehead atoms. The first kappa shape index (κ1) is 18.8. The number of piperidine rings is 1. The first-order valence-corrected chi connectivity index (χ1v) is 9.24. The molecule has 0 saturated carbocycles. The van der Waals surface area contributed by atoms with E-state index >= 15 is 0 Å². The molecule has 0 spiro atoms. The number of nitrogens with one attached hydrogen (secondary N) is 1. The van der Waals surface area contributed by atoms with Crippen molar-refractivity contribution < 1.29 is 14.3 Å². The van der Waals surface area contributed by atoms with Gasteiger partial charge in [-0.25, -0.2) is 4.79 Å². The normalized spacial score (nSPS) is 16.7. The Labute approximate surface area is 158 Å². The molecule has 1 saturated heterocycles. The molecule has 2 aromatic rings. The van der Waals surface area contributed by atoms with Crippen LogP contribution in [0.2, 0.25) is 0 Å². The largest absolute Gasteiger partial charge is 0.462 e. The number of anilines is 2. The van der Waals surface area contributed by atoms with Crippen molar-refractivity contribution in [2.24, 2.45) is 5.92 Å². The molecule has 1 unspecified atom stereocenters. The van der Waals surface area contributed by atoms with Crippen LogP contribution in [-0.2, 0) is 4.74 Å². The predicted molar refractivity (Wildman–Crippen MR) is 102 cm³/mol. The summed E-state index contributed by atoms with van der Waals surface area (Å²) in [5.41, 5.74) is 1.33. The van der Waals surface area contributed by atoms with Gasteiger partial charge in [-0.05, 0) is 49.9 Å². The number of esters is 1. The number of carbonyl (C=O) groups excluding carboxylic acids is 2. The molecular formula is C20H24N4O3. The minimum Gasteiger partial charge on any atom is -0.462 e. The third kappa shape index (κ3) is 4.61. The smallest absolute Gasteiger partial charge is 0.340 e. The summed E-state index contributed by atoms with van der Waals surface area (Å²) in [6.45, 7) is 5.74. The van der Waals surface area contributed by atoms with E-state index in [1.54, 1.807) is 37.3 Å². The first-order chi connectivity index (χ1) is 13.1. The summed E-state index contributed by atoms with van der Waals surface area (Å²) >= 11 is 0. The van der Waals surface area contributed by atoms with Crippen molar-refractivity contribution in [3.05, 3.63) is 47.7 Å². The Hall–Kier alpha value is -2.96. The van der Waals surface area contributed by atoms with Crippen molar-refractivity contribution in [1.29, 1.82) is 0 Å². The fourth-order valence-corrected chi connectivity index (χ4v) is 3.17. The number of likely N-dealkylation sites (tertiary alicyclic amines) is 1. The number of aromatic nitrogens is 2. The van der Waals surface area contributed by atoms with Crippen molar-refractivity contribution in [2.45, 2.75) is 26.7 Å². The highest BCUT2D eigenvalue weighted by Gasteiger charge is 2.23. The molecule has 1 N–H and O–H groups in total. The predicted octanol–water partition coefficient (Wildman–Crippen LogP) is 3.27. The summed E-state index contributed by atoms with van der Waals surface area (Å²) in [7, 11) is 0. The van der Waals surface area contributed by atoms with Crippen LogP contribution >= 0.6 is 0 Å². The SMILES string of the molecule is CCOC(=O)c1ccccc1Nc1ccc(C(=O)N2CCCC(C)C2)nn1. The number of para-hydroxylation sites is 1. The third-order valence-electron chi connectivity index (χ3n) is 4.51. The Balaban J connectivity index is 1.71. The van der Waals surface area contributed by atoms with Crippen LogP contribution in [0, 0.1) is 5.92 Å². The van der Waals surface area contributed by atoms with E-state index in [9.17, 15) is 9.59 Å². The lowest BCUT2D eigenvalue weighted by molar-refractivity contribution is 0.0527. The topological polar surface area (TPSA) is 84.4 Å². The van der Waals surface area contributed by atoms with Gasteiger partial charge in [0.25, 0.3) is 5.91 Å². The van der Waals surface area contributed by atoms with E-state index in [0.717, 1.165) is 25.9 Å². The summed E-state index contributed by atoms with van der Waals surface area (Å²) in [6.07, 6.45) is 2.17. The van der Waals surface area contributed by atoms with Crippen LogP contribution in [0.5, 0.6) is 0 Å². The van der Waals surface area contributed by atoms with E-state index < -0.39 is 5.97 Å². The number of hydrogen-bond acceptors (Lipinski definition) is 6. The lowest BCUT2D eigenvalue weighted by Crippen LogP contribution is -2.39. The Morgan fingerprint density at radius 3 is 2.74 bits per heavy atom. The van der Waals surface area contributed by atoms with E-state index in [2.05, 4.69) is 22.4 Å². The number of ether oxygens (including phenoxy) is 1. The standard InChI is InChI=1S/C20H24N4O3/c1-3-27-20(26)15-8-4-5-9-16(15)21-18-11-10-17(22-23-18)19(25)24-12-6-7-14(2)13-24/h4-5,8-11,14H,3,6-7,12-13H2,1-2H3,(H,21,23). The van der Waals surface area contributed by atoms with Gasteiger partial charge in [-0.15, -0.1) is 10.2 Å². The van der Waals surface area contributed by atoms with Crippen LogP contribution in [0.4, 0.5) is 11.5 Å². The minimum absolute atomic E-state index is 0.0903. The maximum absolute atomic E-state index is 12.6. The molecule has 1 aliphatic rings. The van der Waals surface area contributed by atoms with E-state index in [0.29, 0.717) is 35.3 Å². The summed E-state index contributed by atoms with van der Waals surface area (Å²) < 4.78 is 5.07. The number of hydrogen-bond donors (Lipinski definition) is 1. The van der Waals surface area contributed by atoms with Crippen molar-refractivity contribution in [3.63, 3.8) is 0 Å². The molecule has 142 valence electrons. The second-order valence-electron chi connectivity index (χ2n) is 6.69. The fourth-order valence-electron chi connectivity index (χ4n) is 3.17. The Kier molecular flexibility index (Phi) is 6.01. The number of carbonyl (C=O) groups is 2. The molecule has 1 atom stereocenters. The molecule has 1 fully saturated rings. The molecule has 1 aromatic carbocycles. The van der Waals surface area contributed by atoms with E-state index in [1.807, 2.05) is 11.0 Å². The van der Waals surface area contributed by atoms with Gasteiger partial charge in [-0.3, -0.25) is 4.79 Å². The average Bonchev–Trinajstić information content (AvgIpc) is 2.68. The van der Waals surface area contributed by atoms with Gasteiger partial charge in [0.1, 0.15) is 0 Å². The Morgan fingerprint density at radius 1 is 1.22 bits per heavy atom. The van der Waals surface area contributed by atoms with Crippen LogP contribution in [0.3, 0.4) is 0 Å². The first-order valence-electron chi connectivity index (χ1n) is 9.24. The van der Waals surface area contributed by atoms with Crippen molar-refractivity contribution in [2.75, 3.05) is 25.0 Å². The van der Waals surface area contributed by atoms with Crippen LogP contribution in [0.15, 0.2) is 36.4 Å². The zero-order valence-electron chi connectivity index (χ0n) is 15.6. The molecule has 7 nitrogen and oxygen atoms in total. The average molecular weight is 368 g/mol. The maximum atomic E-state index is 12.6. The highest BCUT2D eigenvalue weighted by Crippen LogP contribution is 2.21. The van der Waals surface area contributed by atoms with Crippen LogP contribution in [0.1, 0.15) is 47.5 Å². The monoisotopic (exact) mass is 368 g/mol. The van der Waals surface area contributed by atoms with Gasteiger partial charge in [0.15, 0.2) is 11.5 Å². The van der Waals surface area contributed by atoms with Gasteiger partial charge in [0, 0.05) is 13.1 Å². The Morgan fingerprint density at radius 2 is 2.04 bits per heavy atom. The summed E-state index contributed by atoms with van der Waals surface area (Å²) in [4.78, 5) is 26.5. The molecule has 2 heterocycles. The van der Waals surface area contributed by atoms with E-state index in [-0.39, 0.29) is 5.91 Å². The van der Waals surface area contributed by atoms with Crippen molar-refractivity contribution >= 4 is 23.4 Å². The zero-order chi connectivity index (χ0) is 19.2. The van der Waals surface area contributed by atoms with Gasteiger partial charge in [-0.1, -0.05) is 19.1 Å².